The predicted molar refractivity (Wildman–Crippen MR) is 92.8 cm³/mol. The molecule has 0 unspecified atom stereocenters. The lowest BCUT2D eigenvalue weighted by Gasteiger charge is -2.25. The maximum Gasteiger partial charge on any atom is 0.317 e. The minimum Gasteiger partial charge on any atom is -0.486 e. The Morgan fingerprint density at radius 2 is 1.72 bits per heavy atom. The molecule has 2 aliphatic heterocycles. The second-order valence-corrected chi connectivity index (χ2v) is 6.42. The molecule has 1 atom stereocenters. The molecule has 136 valence electrons. The largest absolute Gasteiger partial charge is 0.486 e. The average Bonchev–Trinajstić information content (AvgIpc) is 2.87. The number of carbonyl (C=O) groups excluding carboxylic acids is 2. The number of hydrogen-bond acceptors (Lipinski definition) is 4. The summed E-state index contributed by atoms with van der Waals surface area (Å²) in [7, 11) is 0. The Bertz CT molecular complexity index is 649. The van der Waals surface area contributed by atoms with Crippen molar-refractivity contribution in [3.63, 3.8) is 0 Å². The van der Waals surface area contributed by atoms with Gasteiger partial charge >= 0.3 is 6.03 Å². The highest BCUT2D eigenvalue weighted by Gasteiger charge is 2.22. The molecule has 3 rings (SSSR count). The number of benzene rings is 1. The van der Waals surface area contributed by atoms with Gasteiger partial charge in [0.1, 0.15) is 13.2 Å². The molecule has 1 aromatic rings. The quantitative estimate of drug-likeness (QED) is 0.885. The Balaban J connectivity index is 1.59. The molecular weight excluding hydrogens is 322 g/mol. The summed E-state index contributed by atoms with van der Waals surface area (Å²) in [4.78, 5) is 27.6. The third-order valence-corrected chi connectivity index (χ3v) is 4.63. The predicted octanol–water partition coefficient (Wildman–Crippen LogP) is 1.78. The van der Waals surface area contributed by atoms with Crippen LogP contribution in [0.25, 0.3) is 0 Å². The number of carbonyl (C=O) groups is 2. The van der Waals surface area contributed by atoms with E-state index in [4.69, 9.17) is 9.47 Å². The van der Waals surface area contributed by atoms with E-state index in [1.807, 2.05) is 25.1 Å². The van der Waals surface area contributed by atoms with Crippen LogP contribution in [0, 0.1) is 0 Å². The molecule has 1 fully saturated rings. The summed E-state index contributed by atoms with van der Waals surface area (Å²) in [5, 5.41) is 3.03. The van der Waals surface area contributed by atoms with E-state index < -0.39 is 0 Å². The van der Waals surface area contributed by atoms with Gasteiger partial charge < -0.3 is 24.6 Å². The first-order chi connectivity index (χ1) is 12.0. The Labute approximate surface area is 147 Å². The number of amides is 3. The van der Waals surface area contributed by atoms with Crippen LogP contribution in [0.3, 0.4) is 0 Å². The fourth-order valence-corrected chi connectivity index (χ4v) is 3.12. The lowest BCUT2D eigenvalue weighted by atomic mass is 10.1. The second kappa shape index (κ2) is 7.63. The molecule has 3 amide bonds. The first-order valence-corrected chi connectivity index (χ1v) is 8.75. The summed E-state index contributed by atoms with van der Waals surface area (Å²) in [5.41, 5.74) is 0.970. The van der Waals surface area contributed by atoms with Crippen LogP contribution in [0.1, 0.15) is 31.9 Å². The molecule has 0 aliphatic carbocycles. The molecule has 0 bridgehead atoms. The Hall–Kier alpha value is -2.44. The standard InChI is InChI=1S/C18H25N3O4/c1-13(15-4-5-16-17(12-15)25-11-10-24-16)19-18(23)21-7-3-6-20(8-9-21)14(2)22/h4-5,12-13H,3,6-11H2,1-2H3,(H,19,23)/t13-/m0/s1. The molecule has 25 heavy (non-hydrogen) atoms. The lowest BCUT2D eigenvalue weighted by molar-refractivity contribution is -0.128. The van der Waals surface area contributed by atoms with Crippen LogP contribution in [0.4, 0.5) is 4.79 Å². The van der Waals surface area contributed by atoms with Crippen molar-refractivity contribution in [2.24, 2.45) is 0 Å². The number of rotatable bonds is 2. The molecule has 1 saturated heterocycles. The summed E-state index contributed by atoms with van der Waals surface area (Å²) in [6.45, 7) is 7.12. The van der Waals surface area contributed by atoms with E-state index >= 15 is 0 Å². The van der Waals surface area contributed by atoms with Crippen molar-refractivity contribution < 1.29 is 19.1 Å². The SMILES string of the molecule is CC(=O)N1CCCN(C(=O)N[C@@H](C)c2ccc3c(c2)OCCO3)CC1. The summed E-state index contributed by atoms with van der Waals surface area (Å²) in [6.07, 6.45) is 0.797. The first kappa shape index (κ1) is 17.4. The van der Waals surface area contributed by atoms with Gasteiger partial charge in [-0.2, -0.15) is 0 Å². The van der Waals surface area contributed by atoms with Crippen molar-refractivity contribution in [3.05, 3.63) is 23.8 Å². The van der Waals surface area contributed by atoms with Gasteiger partial charge in [0.2, 0.25) is 5.91 Å². The van der Waals surface area contributed by atoms with E-state index in [-0.39, 0.29) is 18.0 Å². The number of urea groups is 1. The highest BCUT2D eigenvalue weighted by molar-refractivity contribution is 5.75. The van der Waals surface area contributed by atoms with Crippen LogP contribution in [0.15, 0.2) is 18.2 Å². The molecule has 7 nitrogen and oxygen atoms in total. The molecule has 0 spiro atoms. The van der Waals surface area contributed by atoms with E-state index in [1.54, 1.807) is 16.7 Å². The molecule has 7 heteroatoms. The number of nitrogens with zero attached hydrogens (tertiary/aromatic N) is 2. The number of fused-ring (bicyclic) bond motifs is 1. The summed E-state index contributed by atoms with van der Waals surface area (Å²) < 4.78 is 11.1. The van der Waals surface area contributed by atoms with Gasteiger partial charge in [-0.15, -0.1) is 0 Å². The molecule has 0 saturated carbocycles. The maximum atomic E-state index is 12.6. The molecule has 2 heterocycles. The second-order valence-electron chi connectivity index (χ2n) is 6.42. The van der Waals surface area contributed by atoms with E-state index in [0.29, 0.717) is 39.4 Å². The molecular formula is C18H25N3O4. The zero-order valence-corrected chi connectivity index (χ0v) is 14.8. The van der Waals surface area contributed by atoms with E-state index in [9.17, 15) is 9.59 Å². The van der Waals surface area contributed by atoms with Crippen molar-refractivity contribution >= 4 is 11.9 Å². The van der Waals surface area contributed by atoms with E-state index in [1.165, 1.54) is 0 Å². The number of nitrogens with one attached hydrogen (secondary N) is 1. The lowest BCUT2D eigenvalue weighted by Crippen LogP contribution is -2.43. The van der Waals surface area contributed by atoms with Crippen molar-refractivity contribution in [1.29, 1.82) is 0 Å². The molecule has 0 radical (unpaired) electrons. The molecule has 1 aromatic carbocycles. The third kappa shape index (κ3) is 4.15. The normalized spacial score (nSPS) is 18.3. The van der Waals surface area contributed by atoms with Crippen LogP contribution in [0.2, 0.25) is 0 Å². The molecule has 1 N–H and O–H groups in total. The minimum absolute atomic E-state index is 0.0619. The van der Waals surface area contributed by atoms with Gasteiger partial charge in [-0.25, -0.2) is 4.79 Å². The maximum absolute atomic E-state index is 12.6. The highest BCUT2D eigenvalue weighted by atomic mass is 16.6. The van der Waals surface area contributed by atoms with Gasteiger partial charge in [-0.3, -0.25) is 4.79 Å². The van der Waals surface area contributed by atoms with E-state index in [0.717, 1.165) is 23.5 Å². The van der Waals surface area contributed by atoms with Gasteiger partial charge in [0.25, 0.3) is 0 Å². The summed E-state index contributed by atoms with van der Waals surface area (Å²) >= 11 is 0. The number of ether oxygens (including phenoxy) is 2. The third-order valence-electron chi connectivity index (χ3n) is 4.63. The van der Waals surface area contributed by atoms with Crippen LogP contribution in [0.5, 0.6) is 11.5 Å². The number of hydrogen-bond donors (Lipinski definition) is 1. The Kier molecular flexibility index (Phi) is 5.31. The van der Waals surface area contributed by atoms with Crippen molar-refractivity contribution in [2.75, 3.05) is 39.4 Å². The van der Waals surface area contributed by atoms with Crippen molar-refractivity contribution in [1.82, 2.24) is 15.1 Å². The van der Waals surface area contributed by atoms with Crippen LogP contribution in [-0.4, -0.2) is 61.1 Å². The van der Waals surface area contributed by atoms with Gasteiger partial charge in [-0.1, -0.05) is 6.07 Å². The van der Waals surface area contributed by atoms with Gasteiger partial charge in [0, 0.05) is 33.1 Å². The zero-order chi connectivity index (χ0) is 17.8. The van der Waals surface area contributed by atoms with Gasteiger partial charge in [0.05, 0.1) is 6.04 Å². The van der Waals surface area contributed by atoms with Crippen molar-refractivity contribution in [3.8, 4) is 11.5 Å². The average molecular weight is 347 g/mol. The van der Waals surface area contributed by atoms with E-state index in [2.05, 4.69) is 5.32 Å². The summed E-state index contributed by atoms with van der Waals surface area (Å²) in [6, 6.07) is 5.49. The van der Waals surface area contributed by atoms with Crippen LogP contribution >= 0.6 is 0 Å². The van der Waals surface area contributed by atoms with Crippen LogP contribution in [-0.2, 0) is 4.79 Å². The zero-order valence-electron chi connectivity index (χ0n) is 14.8. The molecule has 2 aliphatic rings. The Morgan fingerprint density at radius 1 is 1.04 bits per heavy atom. The summed E-state index contributed by atoms with van der Waals surface area (Å²) in [5.74, 6) is 1.52. The fraction of sp³-hybridized carbons (Fsp3) is 0.556. The minimum atomic E-state index is -0.143. The first-order valence-electron chi connectivity index (χ1n) is 8.75. The van der Waals surface area contributed by atoms with Crippen molar-refractivity contribution in [2.45, 2.75) is 26.3 Å². The fourth-order valence-electron chi connectivity index (χ4n) is 3.12. The molecule has 0 aromatic heterocycles. The smallest absolute Gasteiger partial charge is 0.317 e. The van der Waals surface area contributed by atoms with Gasteiger partial charge in [0.15, 0.2) is 11.5 Å². The Morgan fingerprint density at radius 3 is 2.48 bits per heavy atom. The highest BCUT2D eigenvalue weighted by Crippen LogP contribution is 2.32. The van der Waals surface area contributed by atoms with Crippen LogP contribution < -0.4 is 14.8 Å². The van der Waals surface area contributed by atoms with Gasteiger partial charge in [-0.05, 0) is 31.0 Å². The monoisotopic (exact) mass is 347 g/mol. The topological polar surface area (TPSA) is 71.1 Å².